The van der Waals surface area contributed by atoms with Gasteiger partial charge in [0.15, 0.2) is 0 Å². The maximum absolute atomic E-state index is 6.18. The van der Waals surface area contributed by atoms with Gasteiger partial charge in [0.1, 0.15) is 0 Å². The number of pyridine rings is 2. The second kappa shape index (κ2) is 6.64. The third-order valence-electron chi connectivity index (χ3n) is 3.02. The van der Waals surface area contributed by atoms with Gasteiger partial charge in [0, 0.05) is 18.6 Å². The molecule has 0 saturated heterocycles. The standard InChI is InChI=1S/C15H18ClN3/c1-3-18-15(14-8-11(2)4-7-19-14)9-12-5-6-17-10-13(12)16/h4-8,10,15,18H,3,9H2,1-2H3. The second-order valence-electron chi connectivity index (χ2n) is 4.54. The number of nitrogens with zero attached hydrogens (tertiary/aromatic N) is 2. The molecular formula is C15H18ClN3. The molecule has 2 rings (SSSR count). The molecular weight excluding hydrogens is 258 g/mol. The third-order valence-corrected chi connectivity index (χ3v) is 3.36. The van der Waals surface area contributed by atoms with Gasteiger partial charge >= 0.3 is 0 Å². The van der Waals surface area contributed by atoms with Crippen molar-refractivity contribution in [1.82, 2.24) is 15.3 Å². The molecule has 0 aromatic carbocycles. The molecule has 2 heterocycles. The maximum atomic E-state index is 6.18. The van der Waals surface area contributed by atoms with Gasteiger partial charge < -0.3 is 5.32 Å². The van der Waals surface area contributed by atoms with Crippen LogP contribution < -0.4 is 5.32 Å². The van der Waals surface area contributed by atoms with Gasteiger partial charge in [-0.3, -0.25) is 9.97 Å². The number of halogens is 1. The molecule has 0 fully saturated rings. The van der Waals surface area contributed by atoms with Crippen molar-refractivity contribution in [3.05, 3.63) is 58.6 Å². The number of aromatic nitrogens is 2. The highest BCUT2D eigenvalue weighted by Crippen LogP contribution is 2.22. The van der Waals surface area contributed by atoms with Crippen LogP contribution in [-0.2, 0) is 6.42 Å². The van der Waals surface area contributed by atoms with Gasteiger partial charge in [-0.1, -0.05) is 18.5 Å². The first-order valence-corrected chi connectivity index (χ1v) is 6.83. The fourth-order valence-electron chi connectivity index (χ4n) is 2.07. The van der Waals surface area contributed by atoms with Crippen LogP contribution in [0.2, 0.25) is 5.02 Å². The Balaban J connectivity index is 2.24. The molecule has 2 aromatic heterocycles. The van der Waals surface area contributed by atoms with Crippen molar-refractivity contribution < 1.29 is 0 Å². The maximum Gasteiger partial charge on any atom is 0.0622 e. The Morgan fingerprint density at radius 1 is 1.32 bits per heavy atom. The molecule has 0 radical (unpaired) electrons. The van der Waals surface area contributed by atoms with E-state index in [1.807, 2.05) is 18.3 Å². The lowest BCUT2D eigenvalue weighted by Crippen LogP contribution is -2.24. The number of likely N-dealkylation sites (N-methyl/N-ethyl adjacent to an activating group) is 1. The summed E-state index contributed by atoms with van der Waals surface area (Å²) in [5, 5.41) is 4.17. The van der Waals surface area contributed by atoms with Crippen molar-refractivity contribution in [2.75, 3.05) is 6.54 Å². The molecule has 1 N–H and O–H groups in total. The Hall–Kier alpha value is -1.45. The summed E-state index contributed by atoms with van der Waals surface area (Å²) in [5.74, 6) is 0. The van der Waals surface area contributed by atoms with Crippen LogP contribution in [-0.4, -0.2) is 16.5 Å². The minimum atomic E-state index is 0.171. The van der Waals surface area contributed by atoms with E-state index in [1.54, 1.807) is 12.4 Å². The zero-order chi connectivity index (χ0) is 13.7. The molecule has 0 aliphatic rings. The first kappa shape index (κ1) is 14.0. The van der Waals surface area contributed by atoms with E-state index in [4.69, 9.17) is 11.6 Å². The summed E-state index contributed by atoms with van der Waals surface area (Å²) in [7, 11) is 0. The van der Waals surface area contributed by atoms with Crippen LogP contribution in [0.4, 0.5) is 0 Å². The summed E-state index contributed by atoms with van der Waals surface area (Å²) in [4.78, 5) is 8.48. The predicted octanol–water partition coefficient (Wildman–Crippen LogP) is 3.33. The van der Waals surface area contributed by atoms with Crippen molar-refractivity contribution in [3.63, 3.8) is 0 Å². The van der Waals surface area contributed by atoms with E-state index < -0.39 is 0 Å². The van der Waals surface area contributed by atoms with Crippen molar-refractivity contribution in [2.45, 2.75) is 26.3 Å². The lowest BCUT2D eigenvalue weighted by molar-refractivity contribution is 0.536. The van der Waals surface area contributed by atoms with Crippen LogP contribution in [0.5, 0.6) is 0 Å². The summed E-state index contributed by atoms with van der Waals surface area (Å²) in [6.45, 7) is 5.06. The fourth-order valence-corrected chi connectivity index (χ4v) is 2.26. The number of aryl methyl sites for hydroxylation is 1. The molecule has 0 aliphatic carbocycles. The van der Waals surface area contributed by atoms with Gasteiger partial charge in [-0.05, 0) is 49.2 Å². The molecule has 4 heteroatoms. The molecule has 1 atom stereocenters. The van der Waals surface area contributed by atoms with Crippen molar-refractivity contribution >= 4 is 11.6 Å². The van der Waals surface area contributed by atoms with Crippen LogP contribution in [0.1, 0.15) is 29.8 Å². The highest BCUT2D eigenvalue weighted by molar-refractivity contribution is 6.31. The Morgan fingerprint density at radius 3 is 2.84 bits per heavy atom. The Bertz CT molecular complexity index is 542. The molecule has 0 spiro atoms. The predicted molar refractivity (Wildman–Crippen MR) is 78.3 cm³/mol. The SMILES string of the molecule is CCNC(Cc1ccncc1Cl)c1cc(C)ccn1. The largest absolute Gasteiger partial charge is 0.309 e. The van der Waals surface area contributed by atoms with E-state index in [-0.39, 0.29) is 6.04 Å². The van der Waals surface area contributed by atoms with E-state index in [1.165, 1.54) is 5.56 Å². The van der Waals surface area contributed by atoms with Gasteiger partial charge in [-0.2, -0.15) is 0 Å². The highest BCUT2D eigenvalue weighted by Gasteiger charge is 2.14. The van der Waals surface area contributed by atoms with Crippen LogP contribution in [0.15, 0.2) is 36.8 Å². The number of nitrogens with one attached hydrogen (secondary N) is 1. The van der Waals surface area contributed by atoms with Crippen LogP contribution >= 0.6 is 11.6 Å². The molecule has 3 nitrogen and oxygen atoms in total. The summed E-state index contributed by atoms with van der Waals surface area (Å²) in [5.41, 5.74) is 3.36. The van der Waals surface area contributed by atoms with Crippen LogP contribution in [0.25, 0.3) is 0 Å². The van der Waals surface area contributed by atoms with Gasteiger partial charge in [-0.15, -0.1) is 0 Å². The van der Waals surface area contributed by atoms with Crippen molar-refractivity contribution in [2.24, 2.45) is 0 Å². The summed E-state index contributed by atoms with van der Waals surface area (Å²) < 4.78 is 0. The minimum Gasteiger partial charge on any atom is -0.309 e. The first-order valence-electron chi connectivity index (χ1n) is 6.45. The van der Waals surface area contributed by atoms with Gasteiger partial charge in [-0.25, -0.2) is 0 Å². The summed E-state index contributed by atoms with van der Waals surface area (Å²) in [6.07, 6.45) is 6.12. The number of hydrogen-bond donors (Lipinski definition) is 1. The number of hydrogen-bond acceptors (Lipinski definition) is 3. The lowest BCUT2D eigenvalue weighted by Gasteiger charge is -2.18. The molecule has 2 aromatic rings. The Labute approximate surface area is 119 Å². The molecule has 19 heavy (non-hydrogen) atoms. The highest BCUT2D eigenvalue weighted by atomic mass is 35.5. The molecule has 1 unspecified atom stereocenters. The van der Waals surface area contributed by atoms with E-state index in [9.17, 15) is 0 Å². The third kappa shape index (κ3) is 3.75. The number of rotatable bonds is 5. The summed E-state index contributed by atoms with van der Waals surface area (Å²) >= 11 is 6.18. The minimum absolute atomic E-state index is 0.171. The van der Waals surface area contributed by atoms with Crippen LogP contribution in [0.3, 0.4) is 0 Å². The smallest absolute Gasteiger partial charge is 0.0622 e. The molecule has 0 amide bonds. The average Bonchev–Trinajstić information content (AvgIpc) is 2.40. The zero-order valence-corrected chi connectivity index (χ0v) is 12.0. The second-order valence-corrected chi connectivity index (χ2v) is 4.95. The molecule has 0 saturated carbocycles. The normalized spacial score (nSPS) is 12.4. The topological polar surface area (TPSA) is 37.8 Å². The van der Waals surface area contributed by atoms with Crippen LogP contribution in [0, 0.1) is 6.92 Å². The fraction of sp³-hybridized carbons (Fsp3) is 0.333. The Morgan fingerprint density at radius 2 is 2.16 bits per heavy atom. The van der Waals surface area contributed by atoms with Gasteiger partial charge in [0.25, 0.3) is 0 Å². The van der Waals surface area contributed by atoms with E-state index >= 15 is 0 Å². The quantitative estimate of drug-likeness (QED) is 0.909. The molecule has 0 aliphatic heterocycles. The summed E-state index contributed by atoms with van der Waals surface area (Å²) in [6, 6.07) is 6.25. The van der Waals surface area contributed by atoms with Gasteiger partial charge in [0.2, 0.25) is 0 Å². The van der Waals surface area contributed by atoms with Crippen molar-refractivity contribution in [1.29, 1.82) is 0 Å². The van der Waals surface area contributed by atoms with Gasteiger partial charge in [0.05, 0.1) is 16.8 Å². The first-order chi connectivity index (χ1) is 9.20. The average molecular weight is 276 g/mol. The zero-order valence-electron chi connectivity index (χ0n) is 11.2. The molecule has 100 valence electrons. The van der Waals surface area contributed by atoms with E-state index in [0.29, 0.717) is 5.02 Å². The monoisotopic (exact) mass is 275 g/mol. The Kier molecular flexibility index (Phi) is 4.88. The lowest BCUT2D eigenvalue weighted by atomic mass is 10.0. The van der Waals surface area contributed by atoms with E-state index in [0.717, 1.165) is 24.2 Å². The molecule has 0 bridgehead atoms. The van der Waals surface area contributed by atoms with E-state index in [2.05, 4.69) is 35.2 Å². The van der Waals surface area contributed by atoms with Crippen molar-refractivity contribution in [3.8, 4) is 0 Å².